The zero-order chi connectivity index (χ0) is 28.8. The van der Waals surface area contributed by atoms with Gasteiger partial charge in [0.15, 0.2) is 5.78 Å². The van der Waals surface area contributed by atoms with Crippen molar-refractivity contribution in [2.24, 2.45) is 0 Å². The molecule has 212 valence electrons. The van der Waals surface area contributed by atoms with Crippen LogP contribution in [0.2, 0.25) is 0 Å². The number of benzene rings is 3. The lowest BCUT2D eigenvalue weighted by Gasteiger charge is -2.36. The van der Waals surface area contributed by atoms with Crippen LogP contribution in [0.4, 0.5) is 0 Å². The molecule has 41 heavy (non-hydrogen) atoms. The van der Waals surface area contributed by atoms with E-state index in [9.17, 15) is 9.59 Å². The summed E-state index contributed by atoms with van der Waals surface area (Å²) in [6.07, 6.45) is 1.01. The molecule has 3 aromatic carbocycles. The summed E-state index contributed by atoms with van der Waals surface area (Å²) in [4.78, 5) is 27.2. The van der Waals surface area contributed by atoms with E-state index in [-0.39, 0.29) is 18.3 Å². The summed E-state index contributed by atoms with van der Waals surface area (Å²) in [5.41, 5.74) is 5.58. The number of carbonyl (C=O) groups is 2. The molecular weight excluding hydrogens is 518 g/mol. The summed E-state index contributed by atoms with van der Waals surface area (Å²) in [6, 6.07) is 25.5. The first kappa shape index (κ1) is 28.2. The van der Waals surface area contributed by atoms with Gasteiger partial charge in [0, 0.05) is 36.4 Å². The van der Waals surface area contributed by atoms with Crippen LogP contribution >= 0.6 is 0 Å². The molecule has 2 unspecified atom stereocenters. The highest BCUT2D eigenvalue weighted by molar-refractivity contribution is 6.04. The molecule has 1 N–H and O–H groups in total. The average Bonchev–Trinajstić information content (AvgIpc) is 3.00. The summed E-state index contributed by atoms with van der Waals surface area (Å²) >= 11 is 0. The van der Waals surface area contributed by atoms with Crippen molar-refractivity contribution in [1.82, 2.24) is 5.32 Å². The smallest absolute Gasteiger partial charge is 0.336 e. The molecule has 0 bridgehead atoms. The Labute approximate surface area is 240 Å². The van der Waals surface area contributed by atoms with E-state index < -0.39 is 11.9 Å². The quantitative estimate of drug-likeness (QED) is 0.250. The van der Waals surface area contributed by atoms with Crippen LogP contribution in [0.1, 0.15) is 48.3 Å². The molecule has 2 aliphatic rings. The SMILES string of the molecule is COCCOC(=O)C1=C(C)NC2=C(C(=O)CC(c3ccc(OC)cc3)C2)C1c1ccc(OCc2ccccc2)cc1. The van der Waals surface area contributed by atoms with Gasteiger partial charge in [0.1, 0.15) is 24.7 Å². The van der Waals surface area contributed by atoms with Crippen molar-refractivity contribution >= 4 is 11.8 Å². The summed E-state index contributed by atoms with van der Waals surface area (Å²) in [5.74, 6) is 0.519. The molecular formula is C34H35NO6. The molecule has 0 radical (unpaired) electrons. The van der Waals surface area contributed by atoms with Crippen molar-refractivity contribution in [3.05, 3.63) is 118 Å². The molecule has 7 nitrogen and oxygen atoms in total. The largest absolute Gasteiger partial charge is 0.497 e. The second-order valence-electron chi connectivity index (χ2n) is 10.3. The van der Waals surface area contributed by atoms with Crippen LogP contribution < -0.4 is 14.8 Å². The summed E-state index contributed by atoms with van der Waals surface area (Å²) in [6.45, 7) is 2.73. The fourth-order valence-electron chi connectivity index (χ4n) is 5.55. The van der Waals surface area contributed by atoms with Crippen molar-refractivity contribution < 1.29 is 28.5 Å². The Morgan fingerprint density at radius 2 is 1.54 bits per heavy atom. The van der Waals surface area contributed by atoms with Crippen molar-refractivity contribution in [3.63, 3.8) is 0 Å². The van der Waals surface area contributed by atoms with Crippen LogP contribution in [0.3, 0.4) is 0 Å². The van der Waals surface area contributed by atoms with E-state index in [1.54, 1.807) is 14.2 Å². The van der Waals surface area contributed by atoms with Gasteiger partial charge >= 0.3 is 5.97 Å². The number of carbonyl (C=O) groups excluding carboxylic acids is 2. The Balaban J connectivity index is 1.45. The summed E-state index contributed by atoms with van der Waals surface area (Å²) < 4.78 is 21.9. The lowest BCUT2D eigenvalue weighted by Crippen LogP contribution is -2.36. The maximum atomic E-state index is 13.8. The van der Waals surface area contributed by atoms with Crippen molar-refractivity contribution in [1.29, 1.82) is 0 Å². The predicted octanol–water partition coefficient (Wildman–Crippen LogP) is 5.83. The van der Waals surface area contributed by atoms with Crippen molar-refractivity contribution in [3.8, 4) is 11.5 Å². The molecule has 0 amide bonds. The summed E-state index contributed by atoms with van der Waals surface area (Å²) in [7, 11) is 3.19. The zero-order valence-corrected chi connectivity index (χ0v) is 23.6. The number of Topliss-reactive ketones (excluding diaryl/α,β-unsaturated/α-hetero) is 1. The second kappa shape index (κ2) is 12.9. The molecule has 0 saturated heterocycles. The number of hydrogen-bond donors (Lipinski definition) is 1. The van der Waals surface area contributed by atoms with Crippen LogP contribution in [-0.4, -0.2) is 39.2 Å². The Morgan fingerprint density at radius 3 is 2.22 bits per heavy atom. The van der Waals surface area contributed by atoms with Crippen LogP contribution in [-0.2, 0) is 25.7 Å². The van der Waals surface area contributed by atoms with E-state index in [2.05, 4.69) is 5.32 Å². The number of rotatable bonds is 10. The van der Waals surface area contributed by atoms with Crippen LogP contribution in [0.15, 0.2) is 101 Å². The monoisotopic (exact) mass is 553 g/mol. The van der Waals surface area contributed by atoms with E-state index in [0.29, 0.717) is 48.6 Å². The maximum absolute atomic E-state index is 13.8. The van der Waals surface area contributed by atoms with Crippen molar-refractivity contribution in [2.75, 3.05) is 27.4 Å². The molecule has 0 spiro atoms. The molecule has 7 heteroatoms. The lowest BCUT2D eigenvalue weighted by atomic mass is 9.71. The van der Waals surface area contributed by atoms with Gasteiger partial charge in [-0.15, -0.1) is 0 Å². The predicted molar refractivity (Wildman–Crippen MR) is 156 cm³/mol. The highest BCUT2D eigenvalue weighted by Crippen LogP contribution is 2.46. The van der Waals surface area contributed by atoms with E-state index >= 15 is 0 Å². The van der Waals surface area contributed by atoms with Gasteiger partial charge < -0.3 is 24.3 Å². The zero-order valence-electron chi connectivity index (χ0n) is 23.6. The van der Waals surface area contributed by atoms with E-state index in [1.165, 1.54) is 0 Å². The van der Waals surface area contributed by atoms with Gasteiger partial charge in [0.2, 0.25) is 0 Å². The van der Waals surface area contributed by atoms with Gasteiger partial charge in [-0.3, -0.25) is 4.79 Å². The average molecular weight is 554 g/mol. The highest BCUT2D eigenvalue weighted by Gasteiger charge is 2.41. The normalized spacial score (nSPS) is 18.5. The third-order valence-electron chi connectivity index (χ3n) is 7.62. The van der Waals surface area contributed by atoms with Crippen LogP contribution in [0.25, 0.3) is 0 Å². The van der Waals surface area contributed by atoms with Gasteiger partial charge in [0.25, 0.3) is 0 Å². The maximum Gasteiger partial charge on any atom is 0.336 e. The third kappa shape index (κ3) is 6.36. The van der Waals surface area contributed by atoms with Gasteiger partial charge in [-0.25, -0.2) is 4.79 Å². The van der Waals surface area contributed by atoms with E-state index in [4.69, 9.17) is 18.9 Å². The summed E-state index contributed by atoms with van der Waals surface area (Å²) in [5, 5.41) is 3.40. The number of nitrogens with one attached hydrogen (secondary N) is 1. The third-order valence-corrected chi connectivity index (χ3v) is 7.62. The molecule has 1 heterocycles. The Kier molecular flexibility index (Phi) is 8.85. The first-order valence-electron chi connectivity index (χ1n) is 13.8. The Bertz CT molecular complexity index is 1440. The molecule has 5 rings (SSSR count). The molecule has 2 atom stereocenters. The number of hydrogen-bond acceptors (Lipinski definition) is 7. The second-order valence-corrected chi connectivity index (χ2v) is 10.3. The molecule has 1 aliphatic carbocycles. The first-order valence-corrected chi connectivity index (χ1v) is 13.8. The number of esters is 1. The lowest BCUT2D eigenvalue weighted by molar-refractivity contribution is -0.140. The minimum absolute atomic E-state index is 0.0173. The van der Waals surface area contributed by atoms with Crippen LogP contribution in [0, 0.1) is 0 Å². The number of allylic oxidation sites excluding steroid dienone is 3. The molecule has 0 fully saturated rings. The molecule has 0 saturated carbocycles. The fourth-order valence-corrected chi connectivity index (χ4v) is 5.55. The molecule has 3 aromatic rings. The van der Waals surface area contributed by atoms with Gasteiger partial charge in [-0.05, 0) is 60.2 Å². The number of ether oxygens (including phenoxy) is 4. The molecule has 1 aliphatic heterocycles. The van der Waals surface area contributed by atoms with Crippen LogP contribution in [0.5, 0.6) is 11.5 Å². The number of ketones is 1. The minimum atomic E-state index is -0.547. The Morgan fingerprint density at radius 1 is 0.854 bits per heavy atom. The number of dihydropyridines is 1. The standard InChI is InChI=1S/C34H35NO6/c1-22-31(34(37)40-18-17-38-2)32(25-11-15-28(16-12-25)41-21-23-7-5-4-6-8-23)33-29(35-22)19-26(20-30(33)36)24-9-13-27(39-3)14-10-24/h4-16,26,32,35H,17-21H2,1-3H3. The topological polar surface area (TPSA) is 83.1 Å². The van der Waals surface area contributed by atoms with Crippen molar-refractivity contribution in [2.45, 2.75) is 38.2 Å². The highest BCUT2D eigenvalue weighted by atomic mass is 16.6. The fraction of sp³-hybridized carbons (Fsp3) is 0.294. The first-order chi connectivity index (χ1) is 20.0. The number of methoxy groups -OCH3 is 2. The minimum Gasteiger partial charge on any atom is -0.497 e. The molecule has 0 aromatic heterocycles. The Hall–Kier alpha value is -4.36. The van der Waals surface area contributed by atoms with Gasteiger partial charge in [-0.1, -0.05) is 54.6 Å². The van der Waals surface area contributed by atoms with Gasteiger partial charge in [0.05, 0.1) is 19.3 Å². The van der Waals surface area contributed by atoms with Gasteiger partial charge in [-0.2, -0.15) is 0 Å². The van der Waals surface area contributed by atoms with E-state index in [1.807, 2.05) is 85.8 Å². The van der Waals surface area contributed by atoms with E-state index in [0.717, 1.165) is 28.1 Å².